The molecule has 0 spiro atoms. The number of nitro groups is 1. The van der Waals surface area contributed by atoms with Crippen LogP contribution >= 0.6 is 0 Å². The van der Waals surface area contributed by atoms with Gasteiger partial charge in [-0.1, -0.05) is 0 Å². The van der Waals surface area contributed by atoms with Gasteiger partial charge in [-0.05, 0) is 19.3 Å². The lowest BCUT2D eigenvalue weighted by Crippen LogP contribution is -2.03. The molecule has 0 saturated heterocycles. The zero-order chi connectivity index (χ0) is 11.8. The third kappa shape index (κ3) is 4.22. The fraction of sp³-hybridized carbons (Fsp3) is 0.500. The first-order valence-electron chi connectivity index (χ1n) is 5.19. The summed E-state index contributed by atoms with van der Waals surface area (Å²) in [5, 5.41) is 22.1. The Hall–Kier alpha value is -1.69. The van der Waals surface area contributed by atoms with Crippen molar-refractivity contribution in [2.45, 2.75) is 19.3 Å². The molecule has 1 heterocycles. The maximum atomic E-state index is 10.5. The Morgan fingerprint density at radius 2 is 2.25 bits per heavy atom. The van der Waals surface area contributed by atoms with Crippen molar-refractivity contribution in [2.24, 2.45) is 0 Å². The quantitative estimate of drug-likeness (QED) is 0.417. The second kappa shape index (κ2) is 6.73. The maximum absolute atomic E-state index is 10.5. The zero-order valence-corrected chi connectivity index (χ0v) is 8.93. The Morgan fingerprint density at radius 3 is 2.94 bits per heavy atom. The van der Waals surface area contributed by atoms with E-state index in [9.17, 15) is 10.1 Å². The fourth-order valence-electron chi connectivity index (χ4n) is 1.26. The van der Waals surface area contributed by atoms with E-state index in [0.29, 0.717) is 12.4 Å². The Morgan fingerprint density at radius 1 is 1.44 bits per heavy atom. The molecule has 1 rings (SSSR count). The fourth-order valence-corrected chi connectivity index (χ4v) is 1.26. The van der Waals surface area contributed by atoms with Gasteiger partial charge < -0.3 is 10.4 Å². The molecule has 0 aromatic carbocycles. The molecule has 0 radical (unpaired) electrons. The van der Waals surface area contributed by atoms with Crippen molar-refractivity contribution in [1.29, 1.82) is 0 Å². The Balaban J connectivity index is 2.36. The number of aliphatic hydroxyl groups is 1. The summed E-state index contributed by atoms with van der Waals surface area (Å²) in [7, 11) is 0. The Labute approximate surface area is 93.5 Å². The summed E-state index contributed by atoms with van der Waals surface area (Å²) >= 11 is 0. The van der Waals surface area contributed by atoms with Crippen molar-refractivity contribution < 1.29 is 10.0 Å². The van der Waals surface area contributed by atoms with Crippen LogP contribution in [0.15, 0.2) is 18.3 Å². The SMILES string of the molecule is O=[N+]([O-])c1ccnc(NCCCCCO)c1. The number of nitrogens with zero attached hydrogens (tertiary/aromatic N) is 2. The number of aliphatic hydroxyl groups excluding tert-OH is 1. The Bertz CT molecular complexity index is 344. The number of aromatic nitrogens is 1. The van der Waals surface area contributed by atoms with Crippen LogP contribution < -0.4 is 5.32 Å². The van der Waals surface area contributed by atoms with Gasteiger partial charge in [0.1, 0.15) is 5.82 Å². The van der Waals surface area contributed by atoms with E-state index < -0.39 is 4.92 Å². The number of rotatable bonds is 7. The molecule has 0 amide bonds. The van der Waals surface area contributed by atoms with Crippen LogP contribution in [0.3, 0.4) is 0 Å². The zero-order valence-electron chi connectivity index (χ0n) is 8.93. The lowest BCUT2D eigenvalue weighted by Gasteiger charge is -2.04. The van der Waals surface area contributed by atoms with Gasteiger partial charge in [0, 0.05) is 25.4 Å². The highest BCUT2D eigenvalue weighted by molar-refractivity contribution is 5.43. The molecular formula is C10H15N3O3. The van der Waals surface area contributed by atoms with E-state index in [-0.39, 0.29) is 12.3 Å². The highest BCUT2D eigenvalue weighted by atomic mass is 16.6. The van der Waals surface area contributed by atoms with Gasteiger partial charge in [-0.2, -0.15) is 0 Å². The van der Waals surface area contributed by atoms with E-state index in [2.05, 4.69) is 10.3 Å². The van der Waals surface area contributed by atoms with Crippen molar-refractivity contribution in [3.8, 4) is 0 Å². The molecular weight excluding hydrogens is 210 g/mol. The highest BCUT2D eigenvalue weighted by Gasteiger charge is 2.05. The average Bonchev–Trinajstić information content (AvgIpc) is 2.29. The molecule has 0 unspecified atom stereocenters. The highest BCUT2D eigenvalue weighted by Crippen LogP contribution is 2.14. The minimum absolute atomic E-state index is 0.0351. The topological polar surface area (TPSA) is 88.3 Å². The molecule has 0 saturated carbocycles. The molecule has 1 aromatic rings. The minimum atomic E-state index is -0.446. The summed E-state index contributed by atoms with van der Waals surface area (Å²) in [6.07, 6.45) is 4.03. The van der Waals surface area contributed by atoms with Gasteiger partial charge in [-0.15, -0.1) is 0 Å². The smallest absolute Gasteiger partial charge is 0.274 e. The summed E-state index contributed by atoms with van der Waals surface area (Å²) < 4.78 is 0. The Kier molecular flexibility index (Phi) is 5.21. The number of unbranched alkanes of at least 4 members (excludes halogenated alkanes) is 2. The van der Waals surface area contributed by atoms with Gasteiger partial charge in [-0.25, -0.2) is 4.98 Å². The van der Waals surface area contributed by atoms with Crippen molar-refractivity contribution in [3.63, 3.8) is 0 Å². The third-order valence-corrected chi connectivity index (χ3v) is 2.10. The molecule has 0 aliphatic rings. The van der Waals surface area contributed by atoms with Crippen LogP contribution in [0.1, 0.15) is 19.3 Å². The van der Waals surface area contributed by atoms with Gasteiger partial charge in [0.25, 0.3) is 5.69 Å². The predicted octanol–water partition coefficient (Wildman–Crippen LogP) is 1.56. The summed E-state index contributed by atoms with van der Waals surface area (Å²) in [5.74, 6) is 0.512. The molecule has 0 atom stereocenters. The van der Waals surface area contributed by atoms with Crippen LogP contribution in [-0.4, -0.2) is 28.2 Å². The first kappa shape index (κ1) is 12.4. The van der Waals surface area contributed by atoms with Gasteiger partial charge >= 0.3 is 0 Å². The van der Waals surface area contributed by atoms with Crippen LogP contribution in [0.4, 0.5) is 11.5 Å². The van der Waals surface area contributed by atoms with Crippen molar-refractivity contribution in [1.82, 2.24) is 4.98 Å². The van der Waals surface area contributed by atoms with Crippen molar-refractivity contribution in [3.05, 3.63) is 28.4 Å². The molecule has 0 aliphatic heterocycles. The van der Waals surface area contributed by atoms with Crippen LogP contribution in [-0.2, 0) is 0 Å². The normalized spacial score (nSPS) is 10.1. The molecule has 0 bridgehead atoms. The van der Waals surface area contributed by atoms with Crippen LogP contribution in [0, 0.1) is 10.1 Å². The van der Waals surface area contributed by atoms with E-state index in [0.717, 1.165) is 19.3 Å². The molecule has 0 aliphatic carbocycles. The molecule has 6 nitrogen and oxygen atoms in total. The summed E-state index contributed by atoms with van der Waals surface area (Å²) in [4.78, 5) is 14.0. The summed E-state index contributed by atoms with van der Waals surface area (Å²) in [5.41, 5.74) is 0.0351. The number of hydrogen-bond donors (Lipinski definition) is 2. The third-order valence-electron chi connectivity index (χ3n) is 2.10. The average molecular weight is 225 g/mol. The standard InChI is InChI=1S/C10H15N3O3/c14-7-3-1-2-5-11-10-8-9(13(15)16)4-6-12-10/h4,6,8,14H,1-3,5,7H2,(H,11,12). The summed E-state index contributed by atoms with van der Waals surface area (Å²) in [6, 6.07) is 2.77. The molecule has 1 aromatic heterocycles. The second-order valence-corrected chi connectivity index (χ2v) is 3.37. The molecule has 88 valence electrons. The number of anilines is 1. The van der Waals surface area contributed by atoms with Gasteiger partial charge in [0.05, 0.1) is 11.0 Å². The predicted molar refractivity (Wildman–Crippen MR) is 60.3 cm³/mol. The number of nitrogens with one attached hydrogen (secondary N) is 1. The monoisotopic (exact) mass is 225 g/mol. The van der Waals surface area contributed by atoms with Gasteiger partial charge in [0.2, 0.25) is 0 Å². The number of hydrogen-bond acceptors (Lipinski definition) is 5. The first-order valence-corrected chi connectivity index (χ1v) is 5.19. The number of pyridine rings is 1. The molecule has 0 fully saturated rings. The largest absolute Gasteiger partial charge is 0.396 e. The first-order chi connectivity index (χ1) is 7.74. The summed E-state index contributed by atoms with van der Waals surface area (Å²) in [6.45, 7) is 0.906. The van der Waals surface area contributed by atoms with E-state index in [4.69, 9.17) is 5.11 Å². The van der Waals surface area contributed by atoms with E-state index in [1.165, 1.54) is 18.3 Å². The minimum Gasteiger partial charge on any atom is -0.396 e. The molecule has 16 heavy (non-hydrogen) atoms. The van der Waals surface area contributed by atoms with E-state index in [1.807, 2.05) is 0 Å². The van der Waals surface area contributed by atoms with E-state index >= 15 is 0 Å². The molecule has 6 heteroatoms. The molecule has 2 N–H and O–H groups in total. The maximum Gasteiger partial charge on any atom is 0.274 e. The van der Waals surface area contributed by atoms with Crippen molar-refractivity contribution >= 4 is 11.5 Å². The van der Waals surface area contributed by atoms with Crippen LogP contribution in [0.2, 0.25) is 0 Å². The lowest BCUT2D eigenvalue weighted by atomic mass is 10.2. The second-order valence-electron chi connectivity index (χ2n) is 3.37. The van der Waals surface area contributed by atoms with Gasteiger partial charge in [0.15, 0.2) is 0 Å². The van der Waals surface area contributed by atoms with Crippen LogP contribution in [0.5, 0.6) is 0 Å². The van der Waals surface area contributed by atoms with Crippen LogP contribution in [0.25, 0.3) is 0 Å². The van der Waals surface area contributed by atoms with Crippen molar-refractivity contribution in [2.75, 3.05) is 18.5 Å². The van der Waals surface area contributed by atoms with Gasteiger partial charge in [-0.3, -0.25) is 10.1 Å². The van der Waals surface area contributed by atoms with E-state index in [1.54, 1.807) is 0 Å². The lowest BCUT2D eigenvalue weighted by molar-refractivity contribution is -0.384.